The molecule has 0 atom stereocenters. The van der Waals surface area contributed by atoms with Gasteiger partial charge in [-0.2, -0.15) is 13.8 Å². The highest BCUT2D eigenvalue weighted by Crippen LogP contribution is 2.08. The van der Waals surface area contributed by atoms with Crippen LogP contribution < -0.4 is 0 Å². The number of aryl methyl sites for hydroxylation is 1. The Morgan fingerprint density at radius 3 is 2.64 bits per heavy atom. The number of hydrogen-bond acceptors (Lipinski definition) is 2. The van der Waals surface area contributed by atoms with Gasteiger partial charge in [0.1, 0.15) is 0 Å². The Kier molecular flexibility index (Phi) is 1.94. The molecular weight excluding hydrogens is 152 g/mol. The summed E-state index contributed by atoms with van der Waals surface area (Å²) in [6.45, 7) is 1.44. The molecule has 0 aliphatic heterocycles. The van der Waals surface area contributed by atoms with Crippen molar-refractivity contribution >= 4 is 6.29 Å². The van der Waals surface area contributed by atoms with Gasteiger partial charge in [0.25, 0.3) is 0 Å². The lowest BCUT2D eigenvalue weighted by molar-refractivity contribution is 0.111. The Hall–Kier alpha value is -1.32. The van der Waals surface area contributed by atoms with Crippen molar-refractivity contribution in [1.29, 1.82) is 0 Å². The first-order chi connectivity index (χ1) is 5.15. The first-order valence-electron chi connectivity index (χ1n) is 2.93. The maximum atomic E-state index is 12.5. The topological polar surface area (TPSA) is 30.0 Å². The summed E-state index contributed by atoms with van der Waals surface area (Å²) in [6, 6.07) is 1.01. The van der Waals surface area contributed by atoms with Gasteiger partial charge in [0, 0.05) is 0 Å². The Morgan fingerprint density at radius 1 is 1.55 bits per heavy atom. The SMILES string of the molecule is Cc1cc(F)nc(F)c1C=O. The van der Waals surface area contributed by atoms with E-state index in [1.54, 1.807) is 0 Å². The molecule has 1 aromatic rings. The first kappa shape index (κ1) is 7.78. The second-order valence-electron chi connectivity index (χ2n) is 2.08. The summed E-state index contributed by atoms with van der Waals surface area (Å²) in [5, 5.41) is 0. The number of nitrogens with zero attached hydrogens (tertiary/aromatic N) is 1. The minimum Gasteiger partial charge on any atom is -0.298 e. The number of aromatic nitrogens is 1. The van der Waals surface area contributed by atoms with Gasteiger partial charge in [0.2, 0.25) is 11.9 Å². The average molecular weight is 157 g/mol. The van der Waals surface area contributed by atoms with Gasteiger partial charge in [-0.3, -0.25) is 4.79 Å². The van der Waals surface area contributed by atoms with Gasteiger partial charge in [-0.25, -0.2) is 0 Å². The zero-order chi connectivity index (χ0) is 8.43. The van der Waals surface area contributed by atoms with E-state index in [2.05, 4.69) is 4.98 Å². The van der Waals surface area contributed by atoms with Crippen LogP contribution in [0.25, 0.3) is 0 Å². The Labute approximate surface area is 61.9 Å². The van der Waals surface area contributed by atoms with E-state index in [4.69, 9.17) is 0 Å². The predicted molar refractivity (Wildman–Crippen MR) is 34.3 cm³/mol. The van der Waals surface area contributed by atoms with Crippen LogP contribution in [0.2, 0.25) is 0 Å². The van der Waals surface area contributed by atoms with Crippen molar-refractivity contribution in [3.05, 3.63) is 29.1 Å². The highest BCUT2D eigenvalue weighted by Gasteiger charge is 2.07. The second kappa shape index (κ2) is 2.74. The van der Waals surface area contributed by atoms with E-state index in [0.29, 0.717) is 6.29 Å². The number of rotatable bonds is 1. The fourth-order valence-corrected chi connectivity index (χ4v) is 0.747. The normalized spacial score (nSPS) is 9.73. The van der Waals surface area contributed by atoms with Crippen LogP contribution >= 0.6 is 0 Å². The minimum absolute atomic E-state index is 0.189. The van der Waals surface area contributed by atoms with Crippen molar-refractivity contribution < 1.29 is 13.6 Å². The molecule has 0 N–H and O–H groups in total. The zero-order valence-corrected chi connectivity index (χ0v) is 5.77. The van der Waals surface area contributed by atoms with Crippen LogP contribution in [0.15, 0.2) is 6.07 Å². The molecule has 0 aliphatic rings. The fraction of sp³-hybridized carbons (Fsp3) is 0.143. The third-order valence-corrected chi connectivity index (χ3v) is 1.31. The number of carbonyl (C=O) groups excluding carboxylic acids is 1. The van der Waals surface area contributed by atoms with Crippen LogP contribution in [-0.4, -0.2) is 11.3 Å². The molecule has 0 amide bonds. The van der Waals surface area contributed by atoms with E-state index in [1.165, 1.54) is 6.92 Å². The van der Waals surface area contributed by atoms with E-state index in [0.717, 1.165) is 6.07 Å². The molecule has 11 heavy (non-hydrogen) atoms. The van der Waals surface area contributed by atoms with Gasteiger partial charge in [0.05, 0.1) is 5.56 Å². The highest BCUT2D eigenvalue weighted by molar-refractivity contribution is 5.76. The summed E-state index contributed by atoms with van der Waals surface area (Å²) in [6.07, 6.45) is 0.317. The molecule has 0 unspecified atom stereocenters. The van der Waals surface area contributed by atoms with Crippen molar-refractivity contribution in [1.82, 2.24) is 4.98 Å². The van der Waals surface area contributed by atoms with Gasteiger partial charge < -0.3 is 0 Å². The van der Waals surface area contributed by atoms with Crippen LogP contribution in [0, 0.1) is 18.8 Å². The van der Waals surface area contributed by atoms with Gasteiger partial charge in [0.15, 0.2) is 6.29 Å². The van der Waals surface area contributed by atoms with Crippen molar-refractivity contribution in [2.45, 2.75) is 6.92 Å². The van der Waals surface area contributed by atoms with Gasteiger partial charge >= 0.3 is 0 Å². The molecule has 0 aromatic carbocycles. The molecule has 58 valence electrons. The Bertz CT molecular complexity index is 275. The second-order valence-corrected chi connectivity index (χ2v) is 2.08. The molecule has 4 heteroatoms. The summed E-state index contributed by atoms with van der Waals surface area (Å²) >= 11 is 0. The van der Waals surface area contributed by atoms with Gasteiger partial charge in [-0.1, -0.05) is 0 Å². The van der Waals surface area contributed by atoms with Crippen LogP contribution in [0.5, 0.6) is 0 Å². The third kappa shape index (κ3) is 1.39. The fourth-order valence-electron chi connectivity index (χ4n) is 0.747. The largest absolute Gasteiger partial charge is 0.298 e. The van der Waals surface area contributed by atoms with Crippen LogP contribution in [0.1, 0.15) is 15.9 Å². The average Bonchev–Trinajstić information content (AvgIpc) is 1.85. The molecule has 0 aliphatic carbocycles. The number of carbonyl (C=O) groups is 1. The lowest BCUT2D eigenvalue weighted by Crippen LogP contribution is -1.98. The van der Waals surface area contributed by atoms with E-state index < -0.39 is 11.9 Å². The first-order valence-corrected chi connectivity index (χ1v) is 2.93. The summed E-state index contributed by atoms with van der Waals surface area (Å²) < 4.78 is 24.8. The smallest absolute Gasteiger partial charge is 0.226 e. The number of halogens is 2. The zero-order valence-electron chi connectivity index (χ0n) is 5.77. The van der Waals surface area contributed by atoms with Crippen molar-refractivity contribution in [3.8, 4) is 0 Å². The molecular formula is C7H5F2NO. The standard InChI is InChI=1S/C7H5F2NO/c1-4-2-6(8)10-7(9)5(4)3-11/h2-3H,1H3. The third-order valence-electron chi connectivity index (χ3n) is 1.31. The molecule has 1 aromatic heterocycles. The number of pyridine rings is 1. The maximum absolute atomic E-state index is 12.5. The summed E-state index contributed by atoms with van der Waals surface area (Å²) in [5.41, 5.74) is 0.0661. The maximum Gasteiger partial charge on any atom is 0.226 e. The van der Waals surface area contributed by atoms with Crippen molar-refractivity contribution in [2.24, 2.45) is 0 Å². The lowest BCUT2D eigenvalue weighted by Gasteiger charge is -1.97. The number of hydrogen-bond donors (Lipinski definition) is 0. The molecule has 0 bridgehead atoms. The molecule has 0 fully saturated rings. The monoisotopic (exact) mass is 157 g/mol. The van der Waals surface area contributed by atoms with Gasteiger partial charge in [-0.05, 0) is 18.6 Å². The number of aldehydes is 1. The van der Waals surface area contributed by atoms with E-state index in [-0.39, 0.29) is 11.1 Å². The molecule has 0 spiro atoms. The van der Waals surface area contributed by atoms with E-state index in [9.17, 15) is 13.6 Å². The Morgan fingerprint density at radius 2 is 2.18 bits per heavy atom. The molecule has 0 radical (unpaired) electrons. The van der Waals surface area contributed by atoms with E-state index in [1.807, 2.05) is 0 Å². The quantitative estimate of drug-likeness (QED) is 0.456. The minimum atomic E-state index is -1.06. The molecule has 1 rings (SSSR count). The molecule has 0 saturated carbocycles. The molecule has 1 heterocycles. The van der Waals surface area contributed by atoms with Crippen LogP contribution in [-0.2, 0) is 0 Å². The lowest BCUT2D eigenvalue weighted by atomic mass is 10.2. The van der Waals surface area contributed by atoms with Crippen LogP contribution in [0.3, 0.4) is 0 Å². The summed E-state index contributed by atoms with van der Waals surface area (Å²) in [4.78, 5) is 13.0. The molecule has 2 nitrogen and oxygen atoms in total. The predicted octanol–water partition coefficient (Wildman–Crippen LogP) is 1.48. The van der Waals surface area contributed by atoms with Crippen LogP contribution in [0.4, 0.5) is 8.78 Å². The summed E-state index contributed by atoms with van der Waals surface area (Å²) in [5.74, 6) is -1.97. The van der Waals surface area contributed by atoms with E-state index >= 15 is 0 Å². The van der Waals surface area contributed by atoms with Crippen molar-refractivity contribution in [3.63, 3.8) is 0 Å². The highest BCUT2D eigenvalue weighted by atomic mass is 19.1. The summed E-state index contributed by atoms with van der Waals surface area (Å²) in [7, 11) is 0. The molecule has 0 saturated heterocycles. The van der Waals surface area contributed by atoms with Crippen molar-refractivity contribution in [2.75, 3.05) is 0 Å². The Balaban J connectivity index is 3.36. The van der Waals surface area contributed by atoms with Gasteiger partial charge in [-0.15, -0.1) is 0 Å².